The summed E-state index contributed by atoms with van der Waals surface area (Å²) in [4.78, 5) is 37.0. The maximum absolute atomic E-state index is 12.1. The fourth-order valence-electron chi connectivity index (χ4n) is 2.23. The molecule has 2 rings (SSSR count). The second-order valence-corrected chi connectivity index (χ2v) is 6.50. The molecular weight excluding hydrogens is 342 g/mol. The normalized spacial score (nSPS) is 15.6. The Morgan fingerprint density at radius 1 is 1.24 bits per heavy atom. The number of rotatable bonds is 6. The fourth-order valence-corrected chi connectivity index (χ4v) is 3.19. The molecule has 7 heteroatoms. The molecule has 0 bridgehead atoms. The van der Waals surface area contributed by atoms with Gasteiger partial charge in [0.05, 0.1) is 35.6 Å². The highest BCUT2D eigenvalue weighted by molar-refractivity contribution is 8.04. The van der Waals surface area contributed by atoms with Gasteiger partial charge in [0.1, 0.15) is 6.61 Å². The lowest BCUT2D eigenvalue weighted by Gasteiger charge is -2.17. The van der Waals surface area contributed by atoms with Crippen molar-refractivity contribution < 1.29 is 23.9 Å². The number of amides is 1. The highest BCUT2D eigenvalue weighted by Crippen LogP contribution is 2.28. The molecule has 0 aliphatic carbocycles. The van der Waals surface area contributed by atoms with Gasteiger partial charge < -0.3 is 14.4 Å². The molecule has 0 radical (unpaired) electrons. The van der Waals surface area contributed by atoms with Crippen LogP contribution in [0, 0.1) is 13.8 Å². The second-order valence-electron chi connectivity index (χ2n) is 5.50. The maximum atomic E-state index is 12.1. The van der Waals surface area contributed by atoms with Crippen molar-refractivity contribution in [3.63, 3.8) is 0 Å². The average molecular weight is 363 g/mol. The molecule has 1 heterocycles. The summed E-state index contributed by atoms with van der Waals surface area (Å²) in [5.74, 6) is -0.783. The number of hydrogen-bond donors (Lipinski definition) is 0. The minimum Gasteiger partial charge on any atom is -0.463 e. The molecule has 1 fully saturated rings. The molecule has 1 amide bonds. The van der Waals surface area contributed by atoms with Gasteiger partial charge in [0, 0.05) is 0 Å². The predicted molar refractivity (Wildman–Crippen MR) is 95.1 cm³/mol. The third-order valence-electron chi connectivity index (χ3n) is 3.73. The van der Waals surface area contributed by atoms with Crippen LogP contribution >= 0.6 is 11.8 Å². The van der Waals surface area contributed by atoms with E-state index in [4.69, 9.17) is 9.47 Å². The number of esters is 2. The highest BCUT2D eigenvalue weighted by Gasteiger charge is 2.27. The van der Waals surface area contributed by atoms with Crippen LogP contribution < -0.4 is 0 Å². The molecular formula is C18H21NO5S. The number of aryl methyl sites for hydroxylation is 2. The Balaban J connectivity index is 1.92. The van der Waals surface area contributed by atoms with Crippen LogP contribution in [0.1, 0.15) is 28.4 Å². The second kappa shape index (κ2) is 8.71. The van der Waals surface area contributed by atoms with E-state index >= 15 is 0 Å². The van der Waals surface area contributed by atoms with Crippen molar-refractivity contribution >= 4 is 29.6 Å². The van der Waals surface area contributed by atoms with Crippen LogP contribution in [0.3, 0.4) is 0 Å². The van der Waals surface area contributed by atoms with Crippen molar-refractivity contribution in [3.05, 3.63) is 46.0 Å². The SMILES string of the molecule is CCOC(=O)/C=C1\SCC(=O)N1CCOC(=O)c1ccc(C)c(C)c1. The van der Waals surface area contributed by atoms with Gasteiger partial charge in [0.25, 0.3) is 0 Å². The number of carbonyl (C=O) groups excluding carboxylic acids is 3. The van der Waals surface area contributed by atoms with E-state index in [0.717, 1.165) is 11.1 Å². The molecule has 134 valence electrons. The number of ether oxygens (including phenoxy) is 2. The van der Waals surface area contributed by atoms with E-state index in [9.17, 15) is 14.4 Å². The molecule has 1 aromatic rings. The molecule has 1 saturated heterocycles. The summed E-state index contributed by atoms with van der Waals surface area (Å²) < 4.78 is 10.1. The lowest BCUT2D eigenvalue weighted by molar-refractivity contribution is -0.137. The molecule has 1 aliphatic rings. The summed E-state index contributed by atoms with van der Waals surface area (Å²) >= 11 is 1.27. The smallest absolute Gasteiger partial charge is 0.338 e. The predicted octanol–water partition coefficient (Wildman–Crippen LogP) is 2.44. The molecule has 0 spiro atoms. The van der Waals surface area contributed by atoms with Crippen molar-refractivity contribution in [2.24, 2.45) is 0 Å². The van der Waals surface area contributed by atoms with E-state index in [1.54, 1.807) is 19.1 Å². The van der Waals surface area contributed by atoms with Gasteiger partial charge in [-0.05, 0) is 44.0 Å². The van der Waals surface area contributed by atoms with E-state index in [1.165, 1.54) is 22.7 Å². The van der Waals surface area contributed by atoms with Crippen LogP contribution in [-0.4, -0.2) is 48.3 Å². The Kier molecular flexibility index (Phi) is 6.64. The van der Waals surface area contributed by atoms with Crippen molar-refractivity contribution in [1.29, 1.82) is 0 Å². The van der Waals surface area contributed by atoms with Gasteiger partial charge in [0.15, 0.2) is 0 Å². The fraction of sp³-hybridized carbons (Fsp3) is 0.389. The average Bonchev–Trinajstić information content (AvgIpc) is 2.90. The van der Waals surface area contributed by atoms with Crippen LogP contribution in [-0.2, 0) is 19.1 Å². The van der Waals surface area contributed by atoms with Gasteiger partial charge in [0.2, 0.25) is 5.91 Å². The maximum Gasteiger partial charge on any atom is 0.338 e. The highest BCUT2D eigenvalue weighted by atomic mass is 32.2. The van der Waals surface area contributed by atoms with Gasteiger partial charge >= 0.3 is 11.9 Å². The van der Waals surface area contributed by atoms with Crippen molar-refractivity contribution in [2.75, 3.05) is 25.5 Å². The Hall–Kier alpha value is -2.28. The van der Waals surface area contributed by atoms with E-state index in [2.05, 4.69) is 0 Å². The third-order valence-corrected chi connectivity index (χ3v) is 4.75. The molecule has 0 saturated carbocycles. The number of carbonyl (C=O) groups is 3. The Bertz CT molecular complexity index is 713. The minimum absolute atomic E-state index is 0.0538. The summed E-state index contributed by atoms with van der Waals surface area (Å²) in [6.07, 6.45) is 1.30. The minimum atomic E-state index is -0.489. The summed E-state index contributed by atoms with van der Waals surface area (Å²) in [5, 5.41) is 0.519. The first kappa shape index (κ1) is 19.1. The van der Waals surface area contributed by atoms with Crippen LogP contribution in [0.25, 0.3) is 0 Å². The van der Waals surface area contributed by atoms with Crippen molar-refractivity contribution in [3.8, 4) is 0 Å². The van der Waals surface area contributed by atoms with Gasteiger partial charge in [-0.3, -0.25) is 4.79 Å². The third kappa shape index (κ3) is 5.09. The zero-order valence-corrected chi connectivity index (χ0v) is 15.4. The number of hydrogen-bond acceptors (Lipinski definition) is 6. The monoisotopic (exact) mass is 363 g/mol. The van der Waals surface area contributed by atoms with Gasteiger partial charge in [-0.1, -0.05) is 17.8 Å². The number of thioether (sulfide) groups is 1. The molecule has 1 aliphatic heterocycles. The Morgan fingerprint density at radius 3 is 2.68 bits per heavy atom. The summed E-state index contributed by atoms with van der Waals surface area (Å²) in [5.41, 5.74) is 2.60. The largest absolute Gasteiger partial charge is 0.463 e. The van der Waals surface area contributed by atoms with Crippen LogP contribution in [0.5, 0.6) is 0 Å². The molecule has 1 aromatic carbocycles. The van der Waals surface area contributed by atoms with Gasteiger partial charge in [-0.25, -0.2) is 9.59 Å². The van der Waals surface area contributed by atoms with Gasteiger partial charge in [-0.15, -0.1) is 0 Å². The van der Waals surface area contributed by atoms with Crippen LogP contribution in [0.15, 0.2) is 29.3 Å². The molecule has 0 aromatic heterocycles. The summed E-state index contributed by atoms with van der Waals surface area (Å²) in [6.45, 7) is 6.14. The van der Waals surface area contributed by atoms with E-state index in [0.29, 0.717) is 10.6 Å². The zero-order valence-electron chi connectivity index (χ0n) is 14.5. The molecule has 6 nitrogen and oxygen atoms in total. The Morgan fingerprint density at radius 2 is 2.00 bits per heavy atom. The van der Waals surface area contributed by atoms with E-state index in [1.807, 2.05) is 19.9 Å². The zero-order chi connectivity index (χ0) is 18.4. The van der Waals surface area contributed by atoms with Crippen molar-refractivity contribution in [2.45, 2.75) is 20.8 Å². The summed E-state index contributed by atoms with van der Waals surface area (Å²) in [7, 11) is 0. The molecule has 0 unspecified atom stereocenters. The first-order valence-electron chi connectivity index (χ1n) is 7.98. The lowest BCUT2D eigenvalue weighted by atomic mass is 10.1. The lowest BCUT2D eigenvalue weighted by Crippen LogP contribution is -2.29. The Labute approximate surface area is 151 Å². The van der Waals surface area contributed by atoms with Crippen LogP contribution in [0.2, 0.25) is 0 Å². The van der Waals surface area contributed by atoms with Crippen LogP contribution in [0.4, 0.5) is 0 Å². The number of benzene rings is 1. The van der Waals surface area contributed by atoms with E-state index in [-0.39, 0.29) is 31.4 Å². The standard InChI is InChI=1S/C18H21NO5S/c1-4-23-17(21)10-16-19(15(20)11-25-16)7-8-24-18(22)14-6-5-12(2)13(3)9-14/h5-6,9-10H,4,7-8,11H2,1-3H3/b16-10-. The molecule has 0 N–H and O–H groups in total. The first-order valence-corrected chi connectivity index (χ1v) is 8.97. The van der Waals surface area contributed by atoms with E-state index < -0.39 is 11.9 Å². The van der Waals surface area contributed by atoms with Gasteiger partial charge in [-0.2, -0.15) is 0 Å². The topological polar surface area (TPSA) is 72.9 Å². The quantitative estimate of drug-likeness (QED) is 0.571. The summed E-state index contributed by atoms with van der Waals surface area (Å²) in [6, 6.07) is 5.36. The first-order chi connectivity index (χ1) is 11.9. The molecule has 25 heavy (non-hydrogen) atoms. The molecule has 0 atom stereocenters. The van der Waals surface area contributed by atoms with Crippen molar-refractivity contribution in [1.82, 2.24) is 4.90 Å². The number of nitrogens with zero attached hydrogens (tertiary/aromatic N) is 1.